The van der Waals surface area contributed by atoms with Gasteiger partial charge in [0.2, 0.25) is 0 Å². The molecule has 1 aromatic carbocycles. The van der Waals surface area contributed by atoms with Crippen LogP contribution in [0, 0.1) is 0 Å². The van der Waals surface area contributed by atoms with Gasteiger partial charge in [-0.15, -0.1) is 0 Å². The normalized spacial score (nSPS) is 15.9. The van der Waals surface area contributed by atoms with Gasteiger partial charge in [-0.2, -0.15) is 0 Å². The van der Waals surface area contributed by atoms with Crippen LogP contribution in [0.15, 0.2) is 30.3 Å². The Balaban J connectivity index is 2.77. The van der Waals surface area contributed by atoms with Crippen LogP contribution >= 0.6 is 0 Å². The van der Waals surface area contributed by atoms with E-state index in [2.05, 4.69) is 0 Å². The Labute approximate surface area is 66.0 Å². The molecule has 0 heterocycles. The maximum absolute atomic E-state index is 13.1. The summed E-state index contributed by atoms with van der Waals surface area (Å²) in [5.41, 5.74) is 6.05. The predicted octanol–water partition coefficient (Wildman–Crippen LogP) is 2.04. The van der Waals surface area contributed by atoms with Crippen LogP contribution in [0.2, 0.25) is 0 Å². The molecule has 2 atom stereocenters. The average molecular weight is 153 g/mol. The van der Waals surface area contributed by atoms with Gasteiger partial charge in [-0.1, -0.05) is 30.3 Å². The minimum atomic E-state index is -1.05. The van der Waals surface area contributed by atoms with Crippen LogP contribution in [-0.2, 0) is 0 Å². The molecule has 2 heteroatoms. The molecule has 0 aliphatic rings. The summed E-state index contributed by atoms with van der Waals surface area (Å²) in [6, 6.07) is 8.53. The summed E-state index contributed by atoms with van der Waals surface area (Å²) < 4.78 is 13.1. The third-order valence-corrected chi connectivity index (χ3v) is 1.58. The summed E-state index contributed by atoms with van der Waals surface area (Å²) in [5, 5.41) is 0. The van der Waals surface area contributed by atoms with Crippen LogP contribution in [0.25, 0.3) is 0 Å². The van der Waals surface area contributed by atoms with Gasteiger partial charge in [-0.3, -0.25) is 0 Å². The lowest BCUT2D eigenvalue weighted by Crippen LogP contribution is -2.21. The van der Waals surface area contributed by atoms with Crippen LogP contribution in [-0.4, -0.2) is 6.04 Å². The molecule has 60 valence electrons. The molecule has 0 aliphatic heterocycles. The Morgan fingerprint density at radius 2 is 1.82 bits per heavy atom. The minimum Gasteiger partial charge on any atom is -0.325 e. The first-order chi connectivity index (χ1) is 5.22. The molecular weight excluding hydrogens is 141 g/mol. The lowest BCUT2D eigenvalue weighted by molar-refractivity contribution is 0.300. The zero-order valence-electron chi connectivity index (χ0n) is 6.50. The number of alkyl halides is 1. The van der Waals surface area contributed by atoms with Gasteiger partial charge in [0, 0.05) is 6.04 Å². The highest BCUT2D eigenvalue weighted by Gasteiger charge is 2.12. The van der Waals surface area contributed by atoms with Gasteiger partial charge < -0.3 is 5.73 Å². The van der Waals surface area contributed by atoms with E-state index in [0.717, 1.165) is 0 Å². The molecule has 1 rings (SSSR count). The minimum absolute atomic E-state index is 0.433. The fourth-order valence-corrected chi connectivity index (χ4v) is 0.940. The molecule has 1 aromatic rings. The van der Waals surface area contributed by atoms with Crippen LogP contribution < -0.4 is 5.73 Å². The van der Waals surface area contributed by atoms with E-state index in [1.165, 1.54) is 0 Å². The van der Waals surface area contributed by atoms with E-state index in [1.807, 2.05) is 18.2 Å². The van der Waals surface area contributed by atoms with E-state index in [1.54, 1.807) is 19.1 Å². The number of hydrogen-bond acceptors (Lipinski definition) is 1. The second kappa shape index (κ2) is 3.49. The maximum atomic E-state index is 13.1. The largest absolute Gasteiger partial charge is 0.325 e. The van der Waals surface area contributed by atoms with Gasteiger partial charge in [0.05, 0.1) is 0 Å². The maximum Gasteiger partial charge on any atom is 0.140 e. The fourth-order valence-electron chi connectivity index (χ4n) is 0.940. The molecule has 0 radical (unpaired) electrons. The molecule has 0 bridgehead atoms. The molecule has 0 fully saturated rings. The van der Waals surface area contributed by atoms with E-state index in [4.69, 9.17) is 5.73 Å². The van der Waals surface area contributed by atoms with Crippen molar-refractivity contribution in [3.8, 4) is 0 Å². The summed E-state index contributed by atoms with van der Waals surface area (Å²) >= 11 is 0. The standard InChI is InChI=1S/C9H12FN/c1-7(11)9(10)8-5-3-2-4-6-8/h2-7,9H,11H2,1H3/t7-,9-/m0/s1. The molecule has 2 N–H and O–H groups in total. The first kappa shape index (κ1) is 8.21. The quantitative estimate of drug-likeness (QED) is 0.691. The summed E-state index contributed by atoms with van der Waals surface area (Å²) in [6.07, 6.45) is -1.05. The van der Waals surface area contributed by atoms with Crippen molar-refractivity contribution >= 4 is 0 Å². The summed E-state index contributed by atoms with van der Waals surface area (Å²) in [5.74, 6) is 0. The highest BCUT2D eigenvalue weighted by Crippen LogP contribution is 2.18. The Morgan fingerprint density at radius 1 is 1.27 bits per heavy atom. The van der Waals surface area contributed by atoms with Crippen LogP contribution in [0.3, 0.4) is 0 Å². The van der Waals surface area contributed by atoms with Crippen molar-refractivity contribution in [3.05, 3.63) is 35.9 Å². The molecule has 0 aromatic heterocycles. The van der Waals surface area contributed by atoms with Crippen molar-refractivity contribution < 1.29 is 4.39 Å². The third-order valence-electron chi connectivity index (χ3n) is 1.58. The molecule has 0 spiro atoms. The number of nitrogens with two attached hydrogens (primary N) is 1. The van der Waals surface area contributed by atoms with E-state index in [0.29, 0.717) is 5.56 Å². The molecule has 0 unspecified atom stereocenters. The fraction of sp³-hybridized carbons (Fsp3) is 0.333. The van der Waals surface area contributed by atoms with Crippen molar-refractivity contribution in [1.29, 1.82) is 0 Å². The second-order valence-corrected chi connectivity index (χ2v) is 2.67. The Kier molecular flexibility index (Phi) is 2.60. The lowest BCUT2D eigenvalue weighted by Gasteiger charge is -2.11. The van der Waals surface area contributed by atoms with Crippen molar-refractivity contribution in [1.82, 2.24) is 0 Å². The van der Waals surface area contributed by atoms with Crippen molar-refractivity contribution in [2.24, 2.45) is 5.73 Å². The number of rotatable bonds is 2. The SMILES string of the molecule is C[C@H](N)[C@H](F)c1ccccc1. The van der Waals surface area contributed by atoms with Gasteiger partial charge in [0.15, 0.2) is 0 Å². The zero-order chi connectivity index (χ0) is 8.27. The third kappa shape index (κ3) is 2.02. The van der Waals surface area contributed by atoms with E-state index < -0.39 is 12.2 Å². The van der Waals surface area contributed by atoms with E-state index in [9.17, 15) is 4.39 Å². The smallest absolute Gasteiger partial charge is 0.140 e. The Hall–Kier alpha value is -0.890. The second-order valence-electron chi connectivity index (χ2n) is 2.67. The van der Waals surface area contributed by atoms with Crippen LogP contribution in [0.5, 0.6) is 0 Å². The Morgan fingerprint density at radius 3 is 2.27 bits per heavy atom. The summed E-state index contributed by atoms with van der Waals surface area (Å²) in [4.78, 5) is 0. The zero-order valence-corrected chi connectivity index (χ0v) is 6.50. The molecule has 0 aliphatic carbocycles. The van der Waals surface area contributed by atoms with Crippen molar-refractivity contribution in [3.63, 3.8) is 0 Å². The van der Waals surface area contributed by atoms with Gasteiger partial charge in [0.1, 0.15) is 6.17 Å². The Bertz CT molecular complexity index is 208. The van der Waals surface area contributed by atoms with E-state index in [-0.39, 0.29) is 0 Å². The van der Waals surface area contributed by atoms with E-state index >= 15 is 0 Å². The topological polar surface area (TPSA) is 26.0 Å². The van der Waals surface area contributed by atoms with Crippen molar-refractivity contribution in [2.75, 3.05) is 0 Å². The highest BCUT2D eigenvalue weighted by molar-refractivity contribution is 5.18. The molecule has 0 saturated heterocycles. The highest BCUT2D eigenvalue weighted by atomic mass is 19.1. The first-order valence-electron chi connectivity index (χ1n) is 3.66. The van der Waals surface area contributed by atoms with Gasteiger partial charge in [-0.25, -0.2) is 4.39 Å². The predicted molar refractivity (Wildman–Crippen MR) is 43.9 cm³/mol. The van der Waals surface area contributed by atoms with Crippen LogP contribution in [0.4, 0.5) is 4.39 Å². The average Bonchev–Trinajstić information content (AvgIpc) is 2.05. The molecule has 0 amide bonds. The number of hydrogen-bond donors (Lipinski definition) is 1. The monoisotopic (exact) mass is 153 g/mol. The molecule has 0 saturated carbocycles. The van der Waals surface area contributed by atoms with Gasteiger partial charge >= 0.3 is 0 Å². The lowest BCUT2D eigenvalue weighted by atomic mass is 10.1. The van der Waals surface area contributed by atoms with Crippen LogP contribution in [0.1, 0.15) is 18.7 Å². The van der Waals surface area contributed by atoms with Gasteiger partial charge in [-0.05, 0) is 12.5 Å². The number of halogens is 1. The van der Waals surface area contributed by atoms with Gasteiger partial charge in [0.25, 0.3) is 0 Å². The molecule has 11 heavy (non-hydrogen) atoms. The molecule has 1 nitrogen and oxygen atoms in total. The molecular formula is C9H12FN. The number of benzene rings is 1. The van der Waals surface area contributed by atoms with Crippen molar-refractivity contribution in [2.45, 2.75) is 19.1 Å². The summed E-state index contributed by atoms with van der Waals surface area (Å²) in [7, 11) is 0. The summed E-state index contributed by atoms with van der Waals surface area (Å²) in [6.45, 7) is 1.66. The first-order valence-corrected chi connectivity index (χ1v) is 3.66.